The van der Waals surface area contributed by atoms with E-state index >= 15 is 0 Å². The first-order valence-corrected chi connectivity index (χ1v) is 20.7. The topological polar surface area (TPSA) is 38.9 Å². The van der Waals surface area contributed by atoms with Gasteiger partial charge in [-0.2, -0.15) is 0 Å². The molecule has 0 amide bonds. The van der Waals surface area contributed by atoms with Gasteiger partial charge in [0.15, 0.2) is 5.82 Å². The van der Waals surface area contributed by atoms with Crippen LogP contribution in [0.5, 0.6) is 0 Å². The van der Waals surface area contributed by atoms with Gasteiger partial charge in [0.1, 0.15) is 11.3 Å². The van der Waals surface area contributed by atoms with Crippen LogP contribution in [0.25, 0.3) is 122 Å². The summed E-state index contributed by atoms with van der Waals surface area (Å²) >= 11 is 0. The standard InChI is InChI=1S/C58H36N2O/c1-3-16-40(17-4-1)55-47-24-12-13-25-48(47)57(56-43-21-9-7-15-37(43)31-32-50(55)56)49-34-33-46(44-22-10-11-23-45(44)49)52-36-51(59-58(60-52)41-18-5-2-6-19-41)38-27-29-39(30-28-38)54-35-42-20-8-14-26-53(42)61-54/h1-36H. The number of nitrogens with zero attached hydrogens (tertiary/aromatic N) is 2. The van der Waals surface area contributed by atoms with E-state index in [1.165, 1.54) is 60.0 Å². The Morgan fingerprint density at radius 1 is 0.311 bits per heavy atom. The SMILES string of the molecule is c1ccc(-c2nc(-c3ccc(-c4cc5ccccc5o4)cc3)cc(-c3ccc(-c4c5ccccc5c(-c5ccccc5)c5ccc6ccccc6c45)c4ccccc34)n2)cc1. The minimum absolute atomic E-state index is 0.683. The molecule has 0 N–H and O–H groups in total. The first-order valence-electron chi connectivity index (χ1n) is 20.7. The fraction of sp³-hybridized carbons (Fsp3) is 0. The Balaban J connectivity index is 1.08. The predicted molar refractivity (Wildman–Crippen MR) is 254 cm³/mol. The van der Waals surface area contributed by atoms with Crippen LogP contribution in [0.2, 0.25) is 0 Å². The van der Waals surface area contributed by atoms with Crippen LogP contribution in [-0.4, -0.2) is 9.97 Å². The maximum Gasteiger partial charge on any atom is 0.160 e. The highest BCUT2D eigenvalue weighted by molar-refractivity contribution is 6.29. The Bertz CT molecular complexity index is 3590. The second-order valence-electron chi connectivity index (χ2n) is 15.6. The predicted octanol–water partition coefficient (Wildman–Crippen LogP) is 15.8. The lowest BCUT2D eigenvalue weighted by Crippen LogP contribution is -1.97. The number of hydrogen-bond donors (Lipinski definition) is 0. The molecule has 0 bridgehead atoms. The number of hydrogen-bond acceptors (Lipinski definition) is 3. The van der Waals surface area contributed by atoms with Gasteiger partial charge in [-0.1, -0.05) is 200 Å². The van der Waals surface area contributed by atoms with Crippen LogP contribution in [0.1, 0.15) is 0 Å². The molecule has 2 heterocycles. The Kier molecular flexibility index (Phi) is 8.17. The summed E-state index contributed by atoms with van der Waals surface area (Å²) in [5.41, 5.74) is 11.5. The van der Waals surface area contributed by atoms with Crippen molar-refractivity contribution in [2.45, 2.75) is 0 Å². The van der Waals surface area contributed by atoms with Gasteiger partial charge in [-0.3, -0.25) is 0 Å². The normalized spacial score (nSPS) is 11.6. The third-order valence-electron chi connectivity index (χ3n) is 12.1. The van der Waals surface area contributed by atoms with Gasteiger partial charge in [-0.05, 0) is 83.5 Å². The van der Waals surface area contributed by atoms with Gasteiger partial charge in [0.05, 0.1) is 11.4 Å². The van der Waals surface area contributed by atoms with E-state index in [1.807, 2.05) is 36.4 Å². The molecule has 2 aromatic heterocycles. The molecule has 10 aromatic carbocycles. The molecule has 0 aliphatic rings. The number of benzene rings is 10. The zero-order chi connectivity index (χ0) is 40.3. The zero-order valence-corrected chi connectivity index (χ0v) is 33.1. The maximum atomic E-state index is 6.20. The smallest absolute Gasteiger partial charge is 0.160 e. The van der Waals surface area contributed by atoms with Crippen molar-refractivity contribution < 1.29 is 4.42 Å². The highest BCUT2D eigenvalue weighted by Gasteiger charge is 2.21. The molecule has 0 fully saturated rings. The molecule has 0 saturated carbocycles. The molecular formula is C58H36N2O. The molecule has 0 atom stereocenters. The molecule has 0 radical (unpaired) electrons. The van der Waals surface area contributed by atoms with Crippen molar-refractivity contribution in [3.8, 4) is 67.5 Å². The number of aromatic nitrogens is 2. The van der Waals surface area contributed by atoms with Gasteiger partial charge >= 0.3 is 0 Å². The molecule has 3 heteroatoms. The van der Waals surface area contributed by atoms with Crippen LogP contribution < -0.4 is 0 Å². The molecule has 12 aromatic rings. The van der Waals surface area contributed by atoms with E-state index in [4.69, 9.17) is 14.4 Å². The van der Waals surface area contributed by atoms with E-state index in [2.05, 4.69) is 182 Å². The van der Waals surface area contributed by atoms with Gasteiger partial charge < -0.3 is 4.42 Å². The largest absolute Gasteiger partial charge is 0.456 e. The highest BCUT2D eigenvalue weighted by Crippen LogP contribution is 2.48. The molecule has 3 nitrogen and oxygen atoms in total. The lowest BCUT2D eigenvalue weighted by atomic mass is 9.82. The molecule has 0 aliphatic heterocycles. The second-order valence-corrected chi connectivity index (χ2v) is 15.6. The van der Waals surface area contributed by atoms with Crippen molar-refractivity contribution >= 4 is 54.1 Å². The van der Waals surface area contributed by atoms with E-state index in [0.29, 0.717) is 5.82 Å². The Morgan fingerprint density at radius 2 is 0.869 bits per heavy atom. The highest BCUT2D eigenvalue weighted by atomic mass is 16.3. The lowest BCUT2D eigenvalue weighted by molar-refractivity contribution is 0.631. The van der Waals surface area contributed by atoms with Gasteiger partial charge in [0, 0.05) is 27.6 Å². The Morgan fingerprint density at radius 3 is 1.61 bits per heavy atom. The molecule has 284 valence electrons. The van der Waals surface area contributed by atoms with Crippen LogP contribution in [0, 0.1) is 0 Å². The quantitative estimate of drug-likeness (QED) is 0.125. The van der Waals surface area contributed by atoms with Gasteiger partial charge in [-0.25, -0.2) is 9.97 Å². The van der Waals surface area contributed by atoms with E-state index in [1.54, 1.807) is 0 Å². The summed E-state index contributed by atoms with van der Waals surface area (Å²) < 4.78 is 6.20. The van der Waals surface area contributed by atoms with Crippen LogP contribution in [0.15, 0.2) is 223 Å². The Labute approximate surface area is 352 Å². The van der Waals surface area contributed by atoms with Crippen molar-refractivity contribution in [3.63, 3.8) is 0 Å². The molecule has 0 aliphatic carbocycles. The van der Waals surface area contributed by atoms with Crippen molar-refractivity contribution in [1.29, 1.82) is 0 Å². The molecule has 12 rings (SSSR count). The van der Waals surface area contributed by atoms with Crippen molar-refractivity contribution in [2.24, 2.45) is 0 Å². The summed E-state index contributed by atoms with van der Waals surface area (Å²) in [6.07, 6.45) is 0. The minimum Gasteiger partial charge on any atom is -0.456 e. The van der Waals surface area contributed by atoms with Gasteiger partial charge in [0.25, 0.3) is 0 Å². The fourth-order valence-electron chi connectivity index (χ4n) is 9.26. The monoisotopic (exact) mass is 776 g/mol. The Hall–Kier alpha value is -8.14. The third-order valence-corrected chi connectivity index (χ3v) is 12.1. The second kappa shape index (κ2) is 14.3. The molecule has 0 saturated heterocycles. The van der Waals surface area contributed by atoms with Gasteiger partial charge in [0.2, 0.25) is 0 Å². The van der Waals surface area contributed by atoms with E-state index in [9.17, 15) is 0 Å². The fourth-order valence-corrected chi connectivity index (χ4v) is 9.26. The minimum atomic E-state index is 0.683. The van der Waals surface area contributed by atoms with Crippen molar-refractivity contribution in [1.82, 2.24) is 9.97 Å². The average molecular weight is 777 g/mol. The average Bonchev–Trinajstić information content (AvgIpc) is 3.78. The molecule has 61 heavy (non-hydrogen) atoms. The third kappa shape index (κ3) is 5.90. The van der Waals surface area contributed by atoms with Crippen LogP contribution in [0.4, 0.5) is 0 Å². The number of furan rings is 1. The molecular weight excluding hydrogens is 741 g/mol. The van der Waals surface area contributed by atoms with E-state index in [-0.39, 0.29) is 0 Å². The number of rotatable bonds is 6. The summed E-state index contributed by atoms with van der Waals surface area (Å²) in [6, 6.07) is 77.6. The van der Waals surface area contributed by atoms with Crippen molar-refractivity contribution in [2.75, 3.05) is 0 Å². The summed E-state index contributed by atoms with van der Waals surface area (Å²) in [7, 11) is 0. The number of para-hydroxylation sites is 1. The van der Waals surface area contributed by atoms with E-state index in [0.717, 1.165) is 55.8 Å². The summed E-state index contributed by atoms with van der Waals surface area (Å²) in [5, 5.41) is 10.8. The van der Waals surface area contributed by atoms with Crippen LogP contribution >= 0.6 is 0 Å². The van der Waals surface area contributed by atoms with Gasteiger partial charge in [-0.15, -0.1) is 0 Å². The summed E-state index contributed by atoms with van der Waals surface area (Å²) in [5.74, 6) is 1.53. The summed E-state index contributed by atoms with van der Waals surface area (Å²) in [6.45, 7) is 0. The number of fused-ring (bicyclic) bond motifs is 6. The van der Waals surface area contributed by atoms with Crippen molar-refractivity contribution in [3.05, 3.63) is 218 Å². The summed E-state index contributed by atoms with van der Waals surface area (Å²) in [4.78, 5) is 10.5. The van der Waals surface area contributed by atoms with Crippen LogP contribution in [0.3, 0.4) is 0 Å². The zero-order valence-electron chi connectivity index (χ0n) is 33.1. The molecule has 0 spiro atoms. The first-order chi connectivity index (χ1) is 30.2. The maximum absolute atomic E-state index is 6.20. The molecule has 0 unspecified atom stereocenters. The van der Waals surface area contributed by atoms with Crippen LogP contribution in [-0.2, 0) is 0 Å². The van der Waals surface area contributed by atoms with E-state index < -0.39 is 0 Å². The lowest BCUT2D eigenvalue weighted by Gasteiger charge is -2.21. The first kappa shape index (κ1) is 34.9.